The first-order valence-corrected chi connectivity index (χ1v) is 5.21. The summed E-state index contributed by atoms with van der Waals surface area (Å²) in [5.41, 5.74) is 0.337. The Labute approximate surface area is 81.8 Å². The van der Waals surface area contributed by atoms with E-state index in [4.69, 9.17) is 0 Å². The first-order valence-electron chi connectivity index (χ1n) is 5.21. The van der Waals surface area contributed by atoms with Crippen molar-refractivity contribution in [2.24, 2.45) is 16.3 Å². The van der Waals surface area contributed by atoms with Crippen LogP contribution in [0.4, 0.5) is 0 Å². The van der Waals surface area contributed by atoms with Crippen molar-refractivity contribution < 1.29 is 0 Å². The minimum Gasteiger partial charge on any atom is -0.314 e. The van der Waals surface area contributed by atoms with Crippen LogP contribution in [0.3, 0.4) is 0 Å². The van der Waals surface area contributed by atoms with Gasteiger partial charge in [-0.3, -0.25) is 0 Å². The molecule has 0 amide bonds. The second-order valence-corrected chi connectivity index (χ2v) is 5.08. The minimum atomic E-state index is 0.337. The van der Waals surface area contributed by atoms with E-state index >= 15 is 0 Å². The van der Waals surface area contributed by atoms with Crippen LogP contribution in [0.15, 0.2) is 4.99 Å². The molecule has 0 aliphatic carbocycles. The van der Waals surface area contributed by atoms with Crippen LogP contribution in [0.1, 0.15) is 33.6 Å². The van der Waals surface area contributed by atoms with Gasteiger partial charge in [0, 0.05) is 12.6 Å². The lowest BCUT2D eigenvalue weighted by Crippen LogP contribution is -2.40. The van der Waals surface area contributed by atoms with Crippen LogP contribution in [-0.4, -0.2) is 25.8 Å². The Morgan fingerprint density at radius 2 is 2.23 bits per heavy atom. The van der Waals surface area contributed by atoms with Gasteiger partial charge in [-0.15, -0.1) is 0 Å². The second-order valence-electron chi connectivity index (χ2n) is 5.08. The number of rotatable bonds is 3. The van der Waals surface area contributed by atoms with Crippen LogP contribution in [0.25, 0.3) is 0 Å². The molecule has 2 atom stereocenters. The van der Waals surface area contributed by atoms with E-state index in [0.29, 0.717) is 17.4 Å². The van der Waals surface area contributed by atoms with Gasteiger partial charge in [0.25, 0.3) is 0 Å². The highest BCUT2D eigenvalue weighted by Gasteiger charge is 2.33. The lowest BCUT2D eigenvalue weighted by molar-refractivity contribution is 0.197. The fraction of sp³-hybridized carbons (Fsp3) is 0.909. The summed E-state index contributed by atoms with van der Waals surface area (Å²) in [7, 11) is 0. The number of nitrogens with one attached hydrogen (secondary N) is 1. The highest BCUT2D eigenvalue weighted by atomic mass is 15.0. The van der Waals surface area contributed by atoms with Crippen LogP contribution in [-0.2, 0) is 0 Å². The third-order valence-corrected chi connectivity index (χ3v) is 3.02. The van der Waals surface area contributed by atoms with Gasteiger partial charge in [-0.25, -0.2) is 0 Å². The largest absolute Gasteiger partial charge is 0.314 e. The molecule has 0 aromatic heterocycles. The molecule has 1 aliphatic rings. The molecule has 0 bridgehead atoms. The molecule has 2 nitrogen and oxygen atoms in total. The molecule has 0 aromatic carbocycles. The first-order chi connectivity index (χ1) is 6.05. The fourth-order valence-corrected chi connectivity index (χ4v) is 2.20. The Bertz CT molecular complexity index is 163. The molecule has 2 unspecified atom stereocenters. The molecular formula is C11H22N2. The van der Waals surface area contributed by atoms with Crippen LogP contribution in [0.5, 0.6) is 0 Å². The zero-order valence-electron chi connectivity index (χ0n) is 9.14. The van der Waals surface area contributed by atoms with Gasteiger partial charge in [-0.2, -0.15) is 0 Å². The highest BCUT2D eigenvalue weighted by Crippen LogP contribution is 2.32. The molecule has 0 radical (unpaired) electrons. The number of nitrogens with zero attached hydrogens (tertiary/aromatic N) is 1. The summed E-state index contributed by atoms with van der Waals surface area (Å²) in [5.74, 6) is 0.632. The molecule has 2 heteroatoms. The van der Waals surface area contributed by atoms with Crippen molar-refractivity contribution in [1.82, 2.24) is 5.32 Å². The van der Waals surface area contributed by atoms with Crippen LogP contribution >= 0.6 is 0 Å². The van der Waals surface area contributed by atoms with Gasteiger partial charge in [0.2, 0.25) is 0 Å². The Hall–Kier alpha value is -0.370. The van der Waals surface area contributed by atoms with Gasteiger partial charge in [0.15, 0.2) is 0 Å². The van der Waals surface area contributed by atoms with Gasteiger partial charge >= 0.3 is 0 Å². The van der Waals surface area contributed by atoms with E-state index in [1.165, 1.54) is 19.4 Å². The highest BCUT2D eigenvalue weighted by molar-refractivity contribution is 5.23. The average molecular weight is 182 g/mol. The van der Waals surface area contributed by atoms with Crippen LogP contribution in [0, 0.1) is 11.3 Å². The van der Waals surface area contributed by atoms with E-state index in [-0.39, 0.29) is 0 Å². The summed E-state index contributed by atoms with van der Waals surface area (Å²) in [5, 5.41) is 3.56. The van der Waals surface area contributed by atoms with Gasteiger partial charge < -0.3 is 10.3 Å². The maximum atomic E-state index is 4.06. The molecule has 1 saturated heterocycles. The predicted octanol–water partition coefficient (Wildman–Crippen LogP) is 2.10. The van der Waals surface area contributed by atoms with Crippen molar-refractivity contribution in [2.45, 2.75) is 39.7 Å². The quantitative estimate of drug-likeness (QED) is 0.664. The summed E-state index contributed by atoms with van der Waals surface area (Å²) in [6.07, 6.45) is 2.62. The molecule has 13 heavy (non-hydrogen) atoms. The van der Waals surface area contributed by atoms with Gasteiger partial charge in [-0.1, -0.05) is 20.8 Å². The van der Waals surface area contributed by atoms with Crippen LogP contribution < -0.4 is 5.32 Å². The first kappa shape index (κ1) is 10.7. The van der Waals surface area contributed by atoms with E-state index in [9.17, 15) is 0 Å². The average Bonchev–Trinajstić information content (AvgIpc) is 2.49. The molecular weight excluding hydrogens is 160 g/mol. The lowest BCUT2D eigenvalue weighted by Gasteiger charge is -2.34. The molecule has 0 saturated carbocycles. The minimum absolute atomic E-state index is 0.337. The summed E-state index contributed by atoms with van der Waals surface area (Å²) < 4.78 is 0. The predicted molar refractivity (Wildman–Crippen MR) is 58.4 cm³/mol. The van der Waals surface area contributed by atoms with Gasteiger partial charge in [0.1, 0.15) is 0 Å². The van der Waals surface area contributed by atoms with Crippen LogP contribution in [0.2, 0.25) is 0 Å². The summed E-state index contributed by atoms with van der Waals surface area (Å²) in [6.45, 7) is 12.6. The Morgan fingerprint density at radius 3 is 2.62 bits per heavy atom. The van der Waals surface area contributed by atoms with Gasteiger partial charge in [0.05, 0.1) is 0 Å². The molecule has 1 N–H and O–H groups in total. The topological polar surface area (TPSA) is 24.4 Å². The van der Waals surface area contributed by atoms with E-state index in [2.05, 4.69) is 37.8 Å². The molecule has 1 aliphatic heterocycles. The summed E-state index contributed by atoms with van der Waals surface area (Å²) in [4.78, 5) is 4.06. The Kier molecular flexibility index (Phi) is 3.48. The van der Waals surface area contributed by atoms with Crippen molar-refractivity contribution in [1.29, 1.82) is 0 Å². The number of aliphatic imine (C=N–C) groups is 1. The van der Waals surface area contributed by atoms with E-state index in [1.54, 1.807) is 0 Å². The number of hydrogen-bond donors (Lipinski definition) is 1. The maximum absolute atomic E-state index is 4.06. The second kappa shape index (κ2) is 4.23. The van der Waals surface area contributed by atoms with Crippen molar-refractivity contribution in [3.8, 4) is 0 Å². The van der Waals surface area contributed by atoms with E-state index < -0.39 is 0 Å². The third-order valence-electron chi connectivity index (χ3n) is 3.02. The van der Waals surface area contributed by atoms with Crippen molar-refractivity contribution in [3.05, 3.63) is 0 Å². The fourth-order valence-electron chi connectivity index (χ4n) is 2.20. The standard InChI is InChI=1S/C11H22N2/c1-11(2,3)9(8-12-4)10-6-5-7-13-10/h9-10,13H,4-8H2,1-3H3. The zero-order chi connectivity index (χ0) is 9.90. The summed E-state index contributed by atoms with van der Waals surface area (Å²) in [6, 6.07) is 0.658. The van der Waals surface area contributed by atoms with Gasteiger partial charge in [-0.05, 0) is 37.4 Å². The molecule has 0 spiro atoms. The normalized spacial score (nSPS) is 25.9. The maximum Gasteiger partial charge on any atom is 0.0430 e. The van der Waals surface area contributed by atoms with E-state index in [0.717, 1.165) is 6.54 Å². The Morgan fingerprint density at radius 1 is 1.54 bits per heavy atom. The van der Waals surface area contributed by atoms with Crippen molar-refractivity contribution >= 4 is 6.72 Å². The summed E-state index contributed by atoms with van der Waals surface area (Å²) >= 11 is 0. The monoisotopic (exact) mass is 182 g/mol. The Balaban J connectivity index is 2.60. The molecule has 0 aromatic rings. The molecule has 1 heterocycles. The molecule has 76 valence electrons. The number of hydrogen-bond acceptors (Lipinski definition) is 2. The van der Waals surface area contributed by atoms with Crippen molar-refractivity contribution in [2.75, 3.05) is 13.1 Å². The smallest absolute Gasteiger partial charge is 0.0430 e. The van der Waals surface area contributed by atoms with E-state index in [1.807, 2.05) is 0 Å². The van der Waals surface area contributed by atoms with Crippen molar-refractivity contribution in [3.63, 3.8) is 0 Å². The lowest BCUT2D eigenvalue weighted by atomic mass is 9.76. The molecule has 1 fully saturated rings. The SMILES string of the molecule is C=NCC(C1CCCN1)C(C)(C)C. The third kappa shape index (κ3) is 2.80. The zero-order valence-corrected chi connectivity index (χ0v) is 9.14. The molecule has 1 rings (SSSR count).